The quantitative estimate of drug-likeness (QED) is 0.205. The third kappa shape index (κ3) is 5.91. The highest BCUT2D eigenvalue weighted by Crippen LogP contribution is 2.56. The van der Waals surface area contributed by atoms with E-state index in [1.165, 1.54) is 11.1 Å². The normalized spacial score (nSPS) is 20.7. The summed E-state index contributed by atoms with van der Waals surface area (Å²) in [5.74, 6) is 0.325. The largest absolute Gasteiger partial charge is 0.438 e. The van der Waals surface area contributed by atoms with E-state index in [0.29, 0.717) is 83.9 Å². The molecule has 61 heavy (non-hydrogen) atoms. The number of carbonyl (C=O) groups excluding carboxylic acids is 1. The van der Waals surface area contributed by atoms with E-state index < -0.39 is 11.3 Å². The van der Waals surface area contributed by atoms with Gasteiger partial charge in [-0.15, -0.1) is 0 Å². The second kappa shape index (κ2) is 13.8. The van der Waals surface area contributed by atoms with Crippen molar-refractivity contribution in [3.05, 3.63) is 133 Å². The van der Waals surface area contributed by atoms with Crippen molar-refractivity contribution < 1.29 is 18.4 Å². The molecule has 7 aromatic rings. The van der Waals surface area contributed by atoms with Gasteiger partial charge in [0.15, 0.2) is 5.82 Å². The lowest BCUT2D eigenvalue weighted by Gasteiger charge is -2.42. The van der Waals surface area contributed by atoms with Gasteiger partial charge in [0.05, 0.1) is 29.6 Å². The van der Waals surface area contributed by atoms with Crippen LogP contribution in [0.4, 0.5) is 10.3 Å². The lowest BCUT2D eigenvalue weighted by Crippen LogP contribution is -2.49. The first-order valence-electron chi connectivity index (χ1n) is 21.2. The molecule has 0 radical (unpaired) electrons. The van der Waals surface area contributed by atoms with Crippen LogP contribution in [0, 0.1) is 25.6 Å². The van der Waals surface area contributed by atoms with E-state index in [9.17, 15) is 14.0 Å². The van der Waals surface area contributed by atoms with Crippen LogP contribution in [-0.2, 0) is 30.3 Å². The summed E-state index contributed by atoms with van der Waals surface area (Å²) in [5.41, 5.74) is 6.32. The molecular formula is C46H46FN9O5. The average Bonchev–Trinajstić information content (AvgIpc) is 3.55. The minimum absolute atomic E-state index is 0.0562. The molecule has 4 aliphatic rings. The number of aryl methyl sites for hydroxylation is 3. The molecule has 312 valence electrons. The maximum Gasteiger partial charge on any atom is 0.438 e. The molecule has 1 saturated carbocycles. The van der Waals surface area contributed by atoms with Gasteiger partial charge in [0.25, 0.3) is 11.5 Å². The zero-order valence-corrected chi connectivity index (χ0v) is 34.6. The Kier molecular flexibility index (Phi) is 8.54. The summed E-state index contributed by atoms with van der Waals surface area (Å²) in [4.78, 5) is 54.0. The van der Waals surface area contributed by atoms with Gasteiger partial charge in [-0.05, 0) is 116 Å². The molecule has 1 aliphatic carbocycles. The van der Waals surface area contributed by atoms with Crippen LogP contribution in [0.25, 0.3) is 27.5 Å². The molecule has 11 rings (SSSR count). The fraction of sp³-hybridized carbons (Fsp3) is 0.391. The number of hydrogen-bond donors (Lipinski definition) is 1. The van der Waals surface area contributed by atoms with Crippen LogP contribution < -0.4 is 16.2 Å². The number of nitrogens with zero attached hydrogens (tertiary/aromatic N) is 8. The molecule has 15 heteroatoms. The Bertz CT molecular complexity index is 3030. The highest BCUT2D eigenvalue weighted by atomic mass is 19.1. The molecule has 2 saturated heterocycles. The van der Waals surface area contributed by atoms with Crippen LogP contribution in [0.1, 0.15) is 87.8 Å². The number of amides is 1. The number of ether oxygens (including phenoxy) is 1. The van der Waals surface area contributed by atoms with E-state index in [1.54, 1.807) is 35.4 Å². The van der Waals surface area contributed by atoms with Gasteiger partial charge in [0.2, 0.25) is 5.95 Å². The van der Waals surface area contributed by atoms with Crippen molar-refractivity contribution >= 4 is 33.7 Å². The van der Waals surface area contributed by atoms with E-state index in [-0.39, 0.29) is 35.7 Å². The lowest BCUT2D eigenvalue weighted by molar-refractivity contribution is 0.0717. The summed E-state index contributed by atoms with van der Waals surface area (Å²) in [7, 11) is 1.93. The number of halogens is 1. The molecule has 14 nitrogen and oxygen atoms in total. The van der Waals surface area contributed by atoms with E-state index in [1.807, 2.05) is 28.6 Å². The van der Waals surface area contributed by atoms with Crippen molar-refractivity contribution in [3.8, 4) is 5.69 Å². The maximum absolute atomic E-state index is 15.1. The Morgan fingerprint density at radius 3 is 2.34 bits per heavy atom. The Morgan fingerprint density at radius 2 is 1.64 bits per heavy atom. The number of fused-ring (bicyclic) bond motifs is 3. The number of rotatable bonds is 7. The minimum Gasteiger partial charge on any atom is -0.381 e. The van der Waals surface area contributed by atoms with Gasteiger partial charge in [-0.3, -0.25) is 23.8 Å². The number of nitrogens with one attached hydrogen (secondary N) is 1. The smallest absolute Gasteiger partial charge is 0.381 e. The highest BCUT2D eigenvalue weighted by molar-refractivity contribution is 5.99. The molecule has 1 N–H and O–H groups in total. The van der Waals surface area contributed by atoms with Crippen LogP contribution in [0.3, 0.4) is 0 Å². The Hall–Kier alpha value is -6.35. The van der Waals surface area contributed by atoms with Crippen LogP contribution in [-0.4, -0.2) is 77.7 Å². The van der Waals surface area contributed by atoms with Gasteiger partial charge in [0, 0.05) is 67.7 Å². The monoisotopic (exact) mass is 823 g/mol. The summed E-state index contributed by atoms with van der Waals surface area (Å²) < 4.78 is 31.2. The molecule has 0 unspecified atom stereocenters. The number of aromatic amines is 1. The topological polar surface area (TPSA) is 149 Å². The first-order valence-corrected chi connectivity index (χ1v) is 21.2. The van der Waals surface area contributed by atoms with E-state index in [4.69, 9.17) is 14.2 Å². The highest BCUT2D eigenvalue weighted by Gasteiger charge is 2.59. The SMILES string of the molecule is Cc1cc(-n2c(N3CC(c4ccc5c(cnn5C)c4)C3)nc3c(c2=O)CCN(C(=O)c2cc4cc(C5CCOCC5)ccc4n2[C@@]2(c4noc(=O)[nH]4)C[C@@H]2C)C3)cc(C)c1F. The van der Waals surface area contributed by atoms with Crippen molar-refractivity contribution in [2.45, 2.75) is 70.4 Å². The predicted octanol–water partition coefficient (Wildman–Crippen LogP) is 5.99. The second-order valence-corrected chi connectivity index (χ2v) is 17.6. The first-order chi connectivity index (χ1) is 29.5. The fourth-order valence-electron chi connectivity index (χ4n) is 10.3. The van der Waals surface area contributed by atoms with Crippen molar-refractivity contribution in [1.29, 1.82) is 0 Å². The fourth-order valence-corrected chi connectivity index (χ4v) is 10.3. The number of aromatic nitrogens is 7. The van der Waals surface area contributed by atoms with Crippen LogP contribution in [0.15, 0.2) is 74.9 Å². The van der Waals surface area contributed by atoms with Crippen molar-refractivity contribution in [1.82, 2.24) is 38.9 Å². The molecule has 3 aromatic carbocycles. The molecule has 0 spiro atoms. The molecule has 4 aromatic heterocycles. The Labute approximate surface area is 349 Å². The summed E-state index contributed by atoms with van der Waals surface area (Å²) in [6.07, 6.45) is 4.69. The third-order valence-corrected chi connectivity index (χ3v) is 13.8. The van der Waals surface area contributed by atoms with Crippen molar-refractivity contribution in [2.75, 3.05) is 37.7 Å². The molecule has 3 fully saturated rings. The van der Waals surface area contributed by atoms with Crippen LogP contribution in [0.2, 0.25) is 0 Å². The van der Waals surface area contributed by atoms with Gasteiger partial charge in [-0.1, -0.05) is 24.2 Å². The van der Waals surface area contributed by atoms with Crippen molar-refractivity contribution in [3.63, 3.8) is 0 Å². The van der Waals surface area contributed by atoms with E-state index in [0.717, 1.165) is 47.9 Å². The number of carbonyl (C=O) groups is 1. The molecule has 1 amide bonds. The third-order valence-electron chi connectivity index (χ3n) is 13.8. The summed E-state index contributed by atoms with van der Waals surface area (Å²) in [5, 5.41) is 10.6. The number of benzene rings is 3. The van der Waals surface area contributed by atoms with Crippen molar-refractivity contribution in [2.24, 2.45) is 13.0 Å². The van der Waals surface area contributed by atoms with Gasteiger partial charge < -0.3 is 19.1 Å². The van der Waals surface area contributed by atoms with Crippen LogP contribution >= 0.6 is 0 Å². The first kappa shape index (κ1) is 37.6. The summed E-state index contributed by atoms with van der Waals surface area (Å²) >= 11 is 0. The standard InChI is InChI=1S/C46H46FN9O5/c1-25-15-34(16-26(2)40(25)47)55-41(57)35-9-12-53(24-36(35)49-44(55)54-22-33(23-54)30-5-7-37-32(18-30)21-48-52(37)4)42(58)39-19-31-17-29(28-10-13-60-14-11-28)6-8-38(31)56(39)46(20-27(46)3)43-50-45(59)61-51-43/h5-8,15-19,21,27-28,33H,9-14,20,22-24H2,1-4H3,(H,50,51,59)/t27-,46-/m0/s1. The molecule has 2 atom stereocenters. The summed E-state index contributed by atoms with van der Waals surface area (Å²) in [6.45, 7) is 8.60. The Morgan fingerprint density at radius 1 is 0.934 bits per heavy atom. The molecule has 0 bridgehead atoms. The predicted molar refractivity (Wildman–Crippen MR) is 226 cm³/mol. The van der Waals surface area contributed by atoms with E-state index in [2.05, 4.69) is 63.5 Å². The zero-order chi connectivity index (χ0) is 41.9. The lowest BCUT2D eigenvalue weighted by atomic mass is 9.91. The van der Waals surface area contributed by atoms with Gasteiger partial charge >= 0.3 is 5.76 Å². The van der Waals surface area contributed by atoms with Crippen LogP contribution in [0.5, 0.6) is 0 Å². The molecular weight excluding hydrogens is 778 g/mol. The van der Waals surface area contributed by atoms with Gasteiger partial charge in [-0.25, -0.2) is 18.7 Å². The van der Waals surface area contributed by atoms with Gasteiger partial charge in [0.1, 0.15) is 17.1 Å². The molecule has 7 heterocycles. The summed E-state index contributed by atoms with van der Waals surface area (Å²) in [6, 6.07) is 18.2. The number of anilines is 1. The number of hydrogen-bond acceptors (Lipinski definition) is 9. The number of H-pyrrole nitrogens is 1. The zero-order valence-electron chi connectivity index (χ0n) is 34.6. The maximum atomic E-state index is 15.1. The Balaban J connectivity index is 0.977. The van der Waals surface area contributed by atoms with E-state index >= 15 is 4.79 Å². The molecule has 3 aliphatic heterocycles. The minimum atomic E-state index is -0.785. The average molecular weight is 824 g/mol. The van der Waals surface area contributed by atoms with Gasteiger partial charge in [-0.2, -0.15) is 5.10 Å². The second-order valence-electron chi connectivity index (χ2n) is 17.6.